The van der Waals surface area contributed by atoms with Crippen LogP contribution < -0.4 is 4.74 Å². The Morgan fingerprint density at radius 3 is 2.96 bits per heavy atom. The van der Waals surface area contributed by atoms with Crippen molar-refractivity contribution in [3.63, 3.8) is 0 Å². The maximum absolute atomic E-state index is 13.3. The first-order valence-corrected chi connectivity index (χ1v) is 8.25. The fraction of sp³-hybridized carbons (Fsp3) is 0.368. The normalized spacial score (nSPS) is 23.3. The van der Waals surface area contributed by atoms with Crippen LogP contribution in [0.4, 0.5) is 4.39 Å². The van der Waals surface area contributed by atoms with E-state index in [0.717, 1.165) is 5.56 Å². The third-order valence-electron chi connectivity index (χ3n) is 4.37. The average Bonchev–Trinajstić information content (AvgIpc) is 2.57. The summed E-state index contributed by atoms with van der Waals surface area (Å²) < 4.78 is 19.0. The predicted molar refractivity (Wildman–Crippen MR) is 90.6 cm³/mol. The molecule has 132 valence electrons. The van der Waals surface area contributed by atoms with Crippen molar-refractivity contribution in [3.8, 4) is 5.75 Å². The highest BCUT2D eigenvalue weighted by Crippen LogP contribution is 2.27. The molecule has 0 radical (unpaired) electrons. The van der Waals surface area contributed by atoms with E-state index in [-0.39, 0.29) is 24.7 Å². The van der Waals surface area contributed by atoms with Gasteiger partial charge in [-0.3, -0.25) is 9.78 Å². The van der Waals surface area contributed by atoms with Crippen molar-refractivity contribution >= 4 is 5.91 Å². The van der Waals surface area contributed by atoms with Crippen LogP contribution in [-0.4, -0.2) is 45.7 Å². The minimum Gasteiger partial charge on any atom is -0.487 e. The zero-order valence-corrected chi connectivity index (χ0v) is 14.1. The van der Waals surface area contributed by atoms with Crippen LogP contribution in [0.25, 0.3) is 0 Å². The van der Waals surface area contributed by atoms with Crippen molar-refractivity contribution in [2.24, 2.45) is 0 Å². The predicted octanol–water partition coefficient (Wildman–Crippen LogP) is 2.19. The molecular formula is C19H21FN2O3. The Kier molecular flexibility index (Phi) is 4.99. The number of carbonyl (C=O) groups excluding carboxylic acids is 1. The number of benzene rings is 1. The van der Waals surface area contributed by atoms with Gasteiger partial charge in [-0.15, -0.1) is 0 Å². The van der Waals surface area contributed by atoms with Gasteiger partial charge in [0.1, 0.15) is 23.3 Å². The van der Waals surface area contributed by atoms with E-state index in [1.165, 1.54) is 12.1 Å². The van der Waals surface area contributed by atoms with E-state index >= 15 is 0 Å². The van der Waals surface area contributed by atoms with Crippen molar-refractivity contribution in [1.29, 1.82) is 0 Å². The second kappa shape index (κ2) is 7.19. The molecule has 1 aliphatic heterocycles. The van der Waals surface area contributed by atoms with Crippen LogP contribution >= 0.6 is 0 Å². The maximum Gasteiger partial charge on any atom is 0.227 e. The molecule has 1 aliphatic rings. The number of β-amino-alcohol motifs (C(OH)–C–C–N with tert-alkyl or cyclic N) is 1. The third-order valence-corrected chi connectivity index (χ3v) is 4.37. The molecule has 0 saturated carbocycles. The van der Waals surface area contributed by atoms with E-state index in [2.05, 4.69) is 4.98 Å². The molecule has 1 amide bonds. The minimum atomic E-state index is -1.21. The zero-order valence-electron chi connectivity index (χ0n) is 14.1. The van der Waals surface area contributed by atoms with Gasteiger partial charge in [-0.05, 0) is 30.7 Å². The molecule has 0 bridgehead atoms. The molecular weight excluding hydrogens is 323 g/mol. The summed E-state index contributed by atoms with van der Waals surface area (Å²) in [6, 6.07) is 9.48. The summed E-state index contributed by atoms with van der Waals surface area (Å²) in [7, 11) is 0. The molecule has 1 aromatic heterocycles. The molecule has 6 heteroatoms. The highest BCUT2D eigenvalue weighted by molar-refractivity contribution is 5.78. The van der Waals surface area contributed by atoms with Crippen molar-refractivity contribution in [2.45, 2.75) is 31.5 Å². The van der Waals surface area contributed by atoms with Gasteiger partial charge in [-0.2, -0.15) is 0 Å². The van der Waals surface area contributed by atoms with E-state index in [4.69, 9.17) is 4.74 Å². The van der Waals surface area contributed by atoms with Crippen molar-refractivity contribution < 1.29 is 19.0 Å². The van der Waals surface area contributed by atoms with Gasteiger partial charge in [-0.1, -0.05) is 12.1 Å². The lowest BCUT2D eigenvalue weighted by Gasteiger charge is -2.42. The number of hydrogen-bond acceptors (Lipinski definition) is 4. The van der Waals surface area contributed by atoms with Gasteiger partial charge in [0.05, 0.1) is 13.0 Å². The number of ether oxygens (including phenoxy) is 1. The standard InChI is InChI=1S/C19H21FN2O3/c1-19(24)13-22(18(23)10-14-4-3-8-21-12-14)9-7-17(19)25-16-6-2-5-15(20)11-16/h2-6,8,11-12,17,24H,7,9-10,13H2,1H3/t17-,19-/m0/s1. The Morgan fingerprint density at radius 1 is 1.44 bits per heavy atom. The molecule has 3 rings (SSSR count). The van der Waals surface area contributed by atoms with Crippen LogP contribution in [0, 0.1) is 5.82 Å². The smallest absolute Gasteiger partial charge is 0.227 e. The van der Waals surface area contributed by atoms with Crippen LogP contribution in [0.2, 0.25) is 0 Å². The van der Waals surface area contributed by atoms with Gasteiger partial charge < -0.3 is 14.7 Å². The largest absolute Gasteiger partial charge is 0.487 e. The van der Waals surface area contributed by atoms with Crippen LogP contribution in [0.3, 0.4) is 0 Å². The summed E-state index contributed by atoms with van der Waals surface area (Å²) in [4.78, 5) is 18.1. The number of piperidine rings is 1. The zero-order chi connectivity index (χ0) is 17.9. The number of likely N-dealkylation sites (tertiary alicyclic amines) is 1. The Hall–Kier alpha value is -2.47. The molecule has 0 aliphatic carbocycles. The van der Waals surface area contributed by atoms with Crippen LogP contribution in [0.1, 0.15) is 18.9 Å². The van der Waals surface area contributed by atoms with Gasteiger partial charge in [-0.25, -0.2) is 4.39 Å². The molecule has 0 spiro atoms. The van der Waals surface area contributed by atoms with Crippen LogP contribution in [-0.2, 0) is 11.2 Å². The van der Waals surface area contributed by atoms with Crippen molar-refractivity contribution in [3.05, 3.63) is 60.2 Å². The molecule has 1 N–H and O–H groups in total. The lowest BCUT2D eigenvalue weighted by Crippen LogP contribution is -2.58. The summed E-state index contributed by atoms with van der Waals surface area (Å²) in [5, 5.41) is 10.7. The van der Waals surface area contributed by atoms with Crippen LogP contribution in [0.15, 0.2) is 48.8 Å². The number of rotatable bonds is 4. The van der Waals surface area contributed by atoms with Gasteiger partial charge in [0.15, 0.2) is 0 Å². The SMILES string of the molecule is C[C@]1(O)CN(C(=O)Cc2cccnc2)CC[C@@H]1Oc1cccc(F)c1. The molecule has 2 atom stereocenters. The first kappa shape index (κ1) is 17.4. The van der Waals surface area contributed by atoms with E-state index in [9.17, 15) is 14.3 Å². The number of amides is 1. The molecule has 2 aromatic rings. The minimum absolute atomic E-state index is 0.0579. The van der Waals surface area contributed by atoms with Crippen molar-refractivity contribution in [1.82, 2.24) is 9.88 Å². The Bertz CT molecular complexity index is 736. The summed E-state index contributed by atoms with van der Waals surface area (Å²) in [5.41, 5.74) is -0.375. The fourth-order valence-electron chi connectivity index (χ4n) is 3.04. The summed E-state index contributed by atoms with van der Waals surface area (Å²) in [6.07, 6.45) is 3.54. The first-order chi connectivity index (χ1) is 11.9. The topological polar surface area (TPSA) is 62.7 Å². The van der Waals surface area contributed by atoms with Gasteiger partial charge >= 0.3 is 0 Å². The van der Waals surface area contributed by atoms with Crippen molar-refractivity contribution in [2.75, 3.05) is 13.1 Å². The maximum atomic E-state index is 13.3. The molecule has 5 nitrogen and oxygen atoms in total. The van der Waals surface area contributed by atoms with E-state index in [1.807, 2.05) is 6.07 Å². The highest BCUT2D eigenvalue weighted by Gasteiger charge is 2.41. The molecule has 2 heterocycles. The Morgan fingerprint density at radius 2 is 2.28 bits per heavy atom. The number of pyridine rings is 1. The van der Waals surface area contributed by atoms with Crippen LogP contribution in [0.5, 0.6) is 5.75 Å². The molecule has 0 unspecified atom stereocenters. The lowest BCUT2D eigenvalue weighted by molar-refractivity contribution is -0.145. The van der Waals surface area contributed by atoms with Gasteiger partial charge in [0.2, 0.25) is 5.91 Å². The summed E-state index contributed by atoms with van der Waals surface area (Å²) >= 11 is 0. The first-order valence-electron chi connectivity index (χ1n) is 8.25. The summed E-state index contributed by atoms with van der Waals surface area (Å²) in [6.45, 7) is 2.29. The number of nitrogens with zero attached hydrogens (tertiary/aromatic N) is 2. The van der Waals surface area contributed by atoms with Gasteiger partial charge in [0.25, 0.3) is 0 Å². The number of halogens is 1. The molecule has 1 aromatic carbocycles. The molecule has 1 fully saturated rings. The molecule has 1 saturated heterocycles. The van der Waals surface area contributed by atoms with E-state index in [1.54, 1.807) is 42.4 Å². The lowest BCUT2D eigenvalue weighted by atomic mass is 9.91. The highest BCUT2D eigenvalue weighted by atomic mass is 19.1. The Balaban J connectivity index is 1.62. The van der Waals surface area contributed by atoms with E-state index < -0.39 is 11.7 Å². The Labute approximate surface area is 146 Å². The number of carbonyl (C=O) groups is 1. The number of aromatic nitrogens is 1. The fourth-order valence-corrected chi connectivity index (χ4v) is 3.04. The second-order valence-electron chi connectivity index (χ2n) is 6.56. The summed E-state index contributed by atoms with van der Waals surface area (Å²) in [5.74, 6) is -0.0703. The number of aliphatic hydroxyl groups is 1. The quantitative estimate of drug-likeness (QED) is 0.924. The number of hydrogen-bond donors (Lipinski definition) is 1. The second-order valence-corrected chi connectivity index (χ2v) is 6.56. The monoisotopic (exact) mass is 344 g/mol. The molecule has 25 heavy (non-hydrogen) atoms. The average molecular weight is 344 g/mol. The third kappa shape index (κ3) is 4.33. The van der Waals surface area contributed by atoms with E-state index in [0.29, 0.717) is 18.7 Å². The van der Waals surface area contributed by atoms with Gasteiger partial charge in [0, 0.05) is 31.4 Å².